The molecule has 0 unspecified atom stereocenters. The van der Waals surface area contributed by atoms with E-state index in [4.69, 9.17) is 10.00 Å². The second-order valence-corrected chi connectivity index (χ2v) is 6.83. The van der Waals surface area contributed by atoms with E-state index < -0.39 is 5.60 Å². The van der Waals surface area contributed by atoms with Gasteiger partial charge in [0.25, 0.3) is 0 Å². The van der Waals surface area contributed by atoms with Crippen LogP contribution in [0.5, 0.6) is 0 Å². The summed E-state index contributed by atoms with van der Waals surface area (Å²) in [6.45, 7) is 7.95. The van der Waals surface area contributed by atoms with Crippen molar-refractivity contribution < 1.29 is 9.53 Å². The lowest BCUT2D eigenvalue weighted by Crippen LogP contribution is -2.40. The van der Waals surface area contributed by atoms with Gasteiger partial charge in [-0.3, -0.25) is 0 Å². The summed E-state index contributed by atoms with van der Waals surface area (Å²) in [6, 6.07) is 5.67. The number of anilines is 1. The fourth-order valence-electron chi connectivity index (χ4n) is 2.57. The lowest BCUT2D eigenvalue weighted by atomic mass is 9.97. The maximum absolute atomic E-state index is 11.7. The molecule has 0 atom stereocenters. The van der Waals surface area contributed by atoms with Crippen LogP contribution in [-0.4, -0.2) is 36.3 Å². The standard InChI is InChI=1S/C17H24N4O2/c1-17(2,3)23-16(22)20-12-13-5-8-21(9-6-13)15-10-14(11-18)4-7-19-15/h4,7,10,13H,5-6,8-9,12H2,1-3H3,(H,20,22). The van der Waals surface area contributed by atoms with Crippen molar-refractivity contribution in [3.8, 4) is 6.07 Å². The van der Waals surface area contributed by atoms with E-state index in [0.29, 0.717) is 18.0 Å². The summed E-state index contributed by atoms with van der Waals surface area (Å²) in [4.78, 5) is 18.2. The number of nitriles is 1. The molecule has 1 N–H and O–H groups in total. The van der Waals surface area contributed by atoms with E-state index in [-0.39, 0.29) is 6.09 Å². The summed E-state index contributed by atoms with van der Waals surface area (Å²) < 4.78 is 5.24. The summed E-state index contributed by atoms with van der Waals surface area (Å²) >= 11 is 0. The Morgan fingerprint density at radius 2 is 2.17 bits per heavy atom. The molecule has 2 heterocycles. The van der Waals surface area contributed by atoms with Crippen LogP contribution in [0.15, 0.2) is 18.3 Å². The molecule has 1 aromatic heterocycles. The van der Waals surface area contributed by atoms with E-state index in [2.05, 4.69) is 21.3 Å². The van der Waals surface area contributed by atoms with Gasteiger partial charge in [-0.2, -0.15) is 5.26 Å². The van der Waals surface area contributed by atoms with Crippen LogP contribution in [0.25, 0.3) is 0 Å². The normalized spacial score (nSPS) is 15.8. The zero-order valence-electron chi connectivity index (χ0n) is 14.0. The van der Waals surface area contributed by atoms with Crippen LogP contribution in [0.1, 0.15) is 39.2 Å². The Bertz CT molecular complexity index is 581. The number of alkyl carbamates (subject to hydrolysis) is 1. The van der Waals surface area contributed by atoms with E-state index in [1.54, 1.807) is 12.3 Å². The van der Waals surface area contributed by atoms with Crippen molar-refractivity contribution in [3.05, 3.63) is 23.9 Å². The fraction of sp³-hybridized carbons (Fsp3) is 0.588. The fourth-order valence-corrected chi connectivity index (χ4v) is 2.57. The van der Waals surface area contributed by atoms with Gasteiger partial charge in [-0.05, 0) is 51.7 Å². The van der Waals surface area contributed by atoms with Gasteiger partial charge in [-0.15, -0.1) is 0 Å². The number of nitrogens with one attached hydrogen (secondary N) is 1. The smallest absolute Gasteiger partial charge is 0.407 e. The lowest BCUT2D eigenvalue weighted by molar-refractivity contribution is 0.0517. The second-order valence-electron chi connectivity index (χ2n) is 6.83. The highest BCUT2D eigenvalue weighted by Gasteiger charge is 2.22. The predicted molar refractivity (Wildman–Crippen MR) is 88.1 cm³/mol. The molecule has 1 saturated heterocycles. The van der Waals surface area contributed by atoms with Gasteiger partial charge in [0, 0.05) is 25.8 Å². The van der Waals surface area contributed by atoms with Gasteiger partial charge in [0.05, 0.1) is 11.6 Å². The van der Waals surface area contributed by atoms with Gasteiger partial charge in [-0.1, -0.05) is 0 Å². The van der Waals surface area contributed by atoms with Crippen molar-refractivity contribution in [3.63, 3.8) is 0 Å². The van der Waals surface area contributed by atoms with Gasteiger partial charge >= 0.3 is 6.09 Å². The average molecular weight is 316 g/mol. The molecule has 124 valence electrons. The molecule has 1 aliphatic rings. The van der Waals surface area contributed by atoms with Crippen LogP contribution in [-0.2, 0) is 4.74 Å². The number of hydrogen-bond acceptors (Lipinski definition) is 5. The Balaban J connectivity index is 1.78. The minimum absolute atomic E-state index is 0.358. The molecule has 0 aliphatic carbocycles. The third kappa shape index (κ3) is 5.44. The summed E-state index contributed by atoms with van der Waals surface area (Å²) in [6.07, 6.45) is 3.27. The highest BCUT2D eigenvalue weighted by atomic mass is 16.6. The number of rotatable bonds is 3. The first kappa shape index (κ1) is 17.1. The maximum atomic E-state index is 11.7. The first-order valence-electron chi connectivity index (χ1n) is 7.95. The monoisotopic (exact) mass is 316 g/mol. The quantitative estimate of drug-likeness (QED) is 0.927. The molecule has 0 bridgehead atoms. The molecule has 1 aromatic rings. The van der Waals surface area contributed by atoms with E-state index in [1.807, 2.05) is 26.8 Å². The minimum Gasteiger partial charge on any atom is -0.444 e. The van der Waals surface area contributed by atoms with Crippen molar-refractivity contribution in [1.29, 1.82) is 5.26 Å². The molecule has 23 heavy (non-hydrogen) atoms. The van der Waals surface area contributed by atoms with Crippen molar-refractivity contribution in [1.82, 2.24) is 10.3 Å². The van der Waals surface area contributed by atoms with Crippen molar-refractivity contribution in [2.24, 2.45) is 5.92 Å². The lowest BCUT2D eigenvalue weighted by Gasteiger charge is -2.33. The number of nitrogens with zero attached hydrogens (tertiary/aromatic N) is 3. The highest BCUT2D eigenvalue weighted by Crippen LogP contribution is 2.22. The first-order valence-corrected chi connectivity index (χ1v) is 7.95. The van der Waals surface area contributed by atoms with Gasteiger partial charge in [0.2, 0.25) is 0 Å². The molecule has 0 radical (unpaired) electrons. The number of aromatic nitrogens is 1. The molecular weight excluding hydrogens is 292 g/mol. The van der Waals surface area contributed by atoms with E-state index >= 15 is 0 Å². The molecule has 1 aliphatic heterocycles. The second kappa shape index (κ2) is 7.32. The number of carbonyl (C=O) groups is 1. The molecular formula is C17H24N4O2. The largest absolute Gasteiger partial charge is 0.444 e. The molecule has 1 fully saturated rings. The number of hydrogen-bond donors (Lipinski definition) is 1. The number of ether oxygens (including phenoxy) is 1. The Labute approximate surface area is 137 Å². The van der Waals surface area contributed by atoms with Crippen molar-refractivity contribution in [2.45, 2.75) is 39.2 Å². The van der Waals surface area contributed by atoms with Gasteiger partial charge < -0.3 is 15.0 Å². The van der Waals surface area contributed by atoms with Crippen LogP contribution in [0.2, 0.25) is 0 Å². The summed E-state index contributed by atoms with van der Waals surface area (Å²) in [7, 11) is 0. The molecule has 6 heteroatoms. The Morgan fingerprint density at radius 1 is 1.48 bits per heavy atom. The molecule has 0 spiro atoms. The molecule has 0 aromatic carbocycles. The minimum atomic E-state index is -0.467. The molecule has 2 rings (SSSR count). The number of piperidine rings is 1. The number of pyridine rings is 1. The van der Waals surface area contributed by atoms with Gasteiger partial charge in [0.15, 0.2) is 0 Å². The first-order chi connectivity index (χ1) is 10.9. The van der Waals surface area contributed by atoms with Crippen LogP contribution in [0.3, 0.4) is 0 Å². The summed E-state index contributed by atoms with van der Waals surface area (Å²) in [5, 5.41) is 11.8. The SMILES string of the molecule is CC(C)(C)OC(=O)NCC1CCN(c2cc(C#N)ccn2)CC1. The van der Waals surface area contributed by atoms with Gasteiger partial charge in [-0.25, -0.2) is 9.78 Å². The Kier molecular flexibility index (Phi) is 5.43. The van der Waals surface area contributed by atoms with E-state index in [0.717, 1.165) is 31.7 Å². The van der Waals surface area contributed by atoms with Crippen molar-refractivity contribution in [2.75, 3.05) is 24.5 Å². The van der Waals surface area contributed by atoms with Crippen LogP contribution in [0.4, 0.5) is 10.6 Å². The summed E-state index contributed by atoms with van der Waals surface area (Å²) in [5.74, 6) is 1.29. The van der Waals surface area contributed by atoms with Gasteiger partial charge in [0.1, 0.15) is 11.4 Å². The third-order valence-electron chi connectivity index (χ3n) is 3.75. The number of carbonyl (C=O) groups excluding carboxylic acids is 1. The molecule has 1 amide bonds. The maximum Gasteiger partial charge on any atom is 0.407 e. The van der Waals surface area contributed by atoms with E-state index in [9.17, 15) is 4.79 Å². The van der Waals surface area contributed by atoms with Crippen LogP contribution in [0, 0.1) is 17.2 Å². The average Bonchev–Trinajstić information content (AvgIpc) is 2.52. The predicted octanol–water partition coefficient (Wildman–Crippen LogP) is 2.69. The topological polar surface area (TPSA) is 78.2 Å². The van der Waals surface area contributed by atoms with Crippen LogP contribution >= 0.6 is 0 Å². The summed E-state index contributed by atoms with van der Waals surface area (Å²) in [5.41, 5.74) is 0.161. The third-order valence-corrected chi connectivity index (χ3v) is 3.75. The molecule has 6 nitrogen and oxygen atoms in total. The highest BCUT2D eigenvalue weighted by molar-refractivity contribution is 5.67. The number of amides is 1. The molecule has 0 saturated carbocycles. The Hall–Kier alpha value is -2.29. The zero-order chi connectivity index (χ0) is 16.9. The van der Waals surface area contributed by atoms with E-state index in [1.165, 1.54) is 0 Å². The zero-order valence-corrected chi connectivity index (χ0v) is 14.0. The Morgan fingerprint density at radius 3 is 2.78 bits per heavy atom. The van der Waals surface area contributed by atoms with Crippen LogP contribution < -0.4 is 10.2 Å². The van der Waals surface area contributed by atoms with Crippen molar-refractivity contribution >= 4 is 11.9 Å².